The number of pyridine rings is 1. The molecule has 1 aliphatic heterocycles. The van der Waals surface area contributed by atoms with Crippen LogP contribution in [0.15, 0.2) is 18.3 Å². The Hall–Kier alpha value is -2.44. The van der Waals surface area contributed by atoms with Gasteiger partial charge in [0.15, 0.2) is 5.65 Å². The molecule has 2 aromatic rings. The molecule has 0 aliphatic carbocycles. The number of aromatic nitrogens is 3. The van der Waals surface area contributed by atoms with E-state index < -0.39 is 11.4 Å². The highest BCUT2D eigenvalue weighted by Gasteiger charge is 2.48. The number of carboxylic acids is 1. The first kappa shape index (κ1) is 15.5. The van der Waals surface area contributed by atoms with Crippen LogP contribution in [0, 0.1) is 18.3 Å². The molecule has 3 heterocycles. The Labute approximate surface area is 133 Å². The second-order valence-corrected chi connectivity index (χ2v) is 6.49. The summed E-state index contributed by atoms with van der Waals surface area (Å²) in [6.07, 6.45) is 2.20. The van der Waals surface area contributed by atoms with Crippen LogP contribution in [0.2, 0.25) is 0 Å². The van der Waals surface area contributed by atoms with Crippen molar-refractivity contribution in [3.63, 3.8) is 0 Å². The monoisotopic (exact) mass is 316 g/mol. The van der Waals surface area contributed by atoms with Crippen molar-refractivity contribution in [2.24, 2.45) is 11.3 Å². The van der Waals surface area contributed by atoms with Gasteiger partial charge in [0.1, 0.15) is 5.82 Å². The number of hydrogen-bond donors (Lipinski definition) is 1. The summed E-state index contributed by atoms with van der Waals surface area (Å²) in [6.45, 7) is 6.32. The molecule has 0 bridgehead atoms. The number of carboxylic acid groups (broad SMARTS) is 1. The third-order valence-electron chi connectivity index (χ3n) is 4.94. The average molecular weight is 316 g/mol. The van der Waals surface area contributed by atoms with Gasteiger partial charge in [-0.1, -0.05) is 13.8 Å². The average Bonchev–Trinajstić information content (AvgIpc) is 3.12. The zero-order valence-corrected chi connectivity index (χ0v) is 13.5. The van der Waals surface area contributed by atoms with Gasteiger partial charge in [-0.15, -0.1) is 10.2 Å². The molecule has 1 fully saturated rings. The maximum Gasteiger partial charge on any atom is 0.311 e. The fraction of sp³-hybridized carbons (Fsp3) is 0.500. The molecule has 7 nitrogen and oxygen atoms in total. The lowest BCUT2D eigenvalue weighted by Crippen LogP contribution is -2.40. The van der Waals surface area contributed by atoms with Crippen LogP contribution in [0.4, 0.5) is 0 Å². The normalized spacial score (nSPS) is 21.3. The Morgan fingerprint density at radius 2 is 2.04 bits per heavy atom. The standard InChI is InChI=1S/C16H20N4O3/c1-10(2)16(15(22)23)6-7-19(9-16)14(21)12-4-5-13-18-17-11(3)20(13)8-12/h4-5,8,10H,6-7,9H2,1-3H3,(H,22,23). The van der Waals surface area contributed by atoms with Crippen molar-refractivity contribution in [1.29, 1.82) is 0 Å². The molecule has 3 rings (SSSR count). The molecule has 1 N–H and O–H groups in total. The van der Waals surface area contributed by atoms with E-state index >= 15 is 0 Å². The van der Waals surface area contributed by atoms with E-state index in [1.807, 2.05) is 20.8 Å². The van der Waals surface area contributed by atoms with E-state index in [1.54, 1.807) is 27.6 Å². The van der Waals surface area contributed by atoms with Gasteiger partial charge in [0.25, 0.3) is 5.91 Å². The summed E-state index contributed by atoms with van der Waals surface area (Å²) in [4.78, 5) is 26.1. The van der Waals surface area contributed by atoms with Crippen LogP contribution in [-0.2, 0) is 4.79 Å². The smallest absolute Gasteiger partial charge is 0.311 e. The largest absolute Gasteiger partial charge is 0.481 e. The summed E-state index contributed by atoms with van der Waals surface area (Å²) in [5.41, 5.74) is 0.347. The van der Waals surface area contributed by atoms with Crippen molar-refractivity contribution in [2.45, 2.75) is 27.2 Å². The molecule has 122 valence electrons. The molecule has 1 unspecified atom stereocenters. The molecule has 0 spiro atoms. The van der Waals surface area contributed by atoms with Crippen molar-refractivity contribution in [2.75, 3.05) is 13.1 Å². The summed E-state index contributed by atoms with van der Waals surface area (Å²) in [6, 6.07) is 3.46. The van der Waals surface area contributed by atoms with Gasteiger partial charge in [-0.05, 0) is 31.4 Å². The van der Waals surface area contributed by atoms with Crippen LogP contribution >= 0.6 is 0 Å². The van der Waals surface area contributed by atoms with Crippen LogP contribution in [0.5, 0.6) is 0 Å². The van der Waals surface area contributed by atoms with E-state index in [1.165, 1.54) is 0 Å². The molecule has 0 radical (unpaired) electrons. The van der Waals surface area contributed by atoms with Crippen molar-refractivity contribution >= 4 is 17.5 Å². The number of fused-ring (bicyclic) bond motifs is 1. The maximum absolute atomic E-state index is 12.7. The predicted octanol–water partition coefficient (Wildman–Crippen LogP) is 1.61. The first-order valence-corrected chi connectivity index (χ1v) is 7.69. The van der Waals surface area contributed by atoms with Gasteiger partial charge in [0.2, 0.25) is 0 Å². The SMILES string of the molecule is Cc1nnc2ccc(C(=O)N3CCC(C(=O)O)(C(C)C)C3)cn12. The highest BCUT2D eigenvalue weighted by Crippen LogP contribution is 2.38. The van der Waals surface area contributed by atoms with E-state index in [4.69, 9.17) is 0 Å². The minimum Gasteiger partial charge on any atom is -0.481 e. The van der Waals surface area contributed by atoms with Gasteiger partial charge in [-0.3, -0.25) is 14.0 Å². The minimum absolute atomic E-state index is 0.0274. The maximum atomic E-state index is 12.7. The lowest BCUT2D eigenvalue weighted by Gasteiger charge is -2.28. The fourth-order valence-corrected chi connectivity index (χ4v) is 3.21. The van der Waals surface area contributed by atoms with Gasteiger partial charge >= 0.3 is 5.97 Å². The number of carbonyl (C=O) groups excluding carboxylic acids is 1. The molecule has 2 aromatic heterocycles. The Kier molecular flexibility index (Phi) is 3.58. The Bertz CT molecular complexity index is 783. The van der Waals surface area contributed by atoms with Crippen LogP contribution < -0.4 is 0 Å². The molecule has 23 heavy (non-hydrogen) atoms. The molecule has 7 heteroatoms. The summed E-state index contributed by atoms with van der Waals surface area (Å²) in [5, 5.41) is 17.6. The van der Waals surface area contributed by atoms with Crippen LogP contribution in [0.25, 0.3) is 5.65 Å². The van der Waals surface area contributed by atoms with E-state index in [2.05, 4.69) is 10.2 Å². The number of rotatable bonds is 3. The third-order valence-corrected chi connectivity index (χ3v) is 4.94. The summed E-state index contributed by atoms with van der Waals surface area (Å²) < 4.78 is 1.76. The molecular formula is C16H20N4O3. The lowest BCUT2D eigenvalue weighted by atomic mass is 9.76. The Morgan fingerprint density at radius 1 is 1.30 bits per heavy atom. The van der Waals surface area contributed by atoms with E-state index in [0.717, 1.165) is 0 Å². The Balaban J connectivity index is 1.88. The van der Waals surface area contributed by atoms with Gasteiger partial charge in [-0.2, -0.15) is 0 Å². The first-order chi connectivity index (χ1) is 10.8. The number of amides is 1. The van der Waals surface area contributed by atoms with Crippen LogP contribution in [0.1, 0.15) is 36.5 Å². The first-order valence-electron chi connectivity index (χ1n) is 7.69. The molecular weight excluding hydrogens is 296 g/mol. The highest BCUT2D eigenvalue weighted by molar-refractivity contribution is 5.95. The number of aryl methyl sites for hydroxylation is 1. The van der Waals surface area contributed by atoms with Gasteiger partial charge in [-0.25, -0.2) is 0 Å². The van der Waals surface area contributed by atoms with E-state index in [-0.39, 0.29) is 18.4 Å². The van der Waals surface area contributed by atoms with Crippen molar-refractivity contribution < 1.29 is 14.7 Å². The summed E-state index contributed by atoms with van der Waals surface area (Å²) in [7, 11) is 0. The molecule has 0 aromatic carbocycles. The highest BCUT2D eigenvalue weighted by atomic mass is 16.4. The second kappa shape index (κ2) is 5.33. The molecule has 1 atom stereocenters. The predicted molar refractivity (Wildman–Crippen MR) is 83.2 cm³/mol. The quantitative estimate of drug-likeness (QED) is 0.929. The van der Waals surface area contributed by atoms with Crippen molar-refractivity contribution in [3.8, 4) is 0 Å². The third kappa shape index (κ3) is 2.36. The van der Waals surface area contributed by atoms with Crippen LogP contribution in [0.3, 0.4) is 0 Å². The molecule has 1 amide bonds. The van der Waals surface area contributed by atoms with Gasteiger partial charge < -0.3 is 10.0 Å². The molecule has 1 aliphatic rings. The van der Waals surface area contributed by atoms with Crippen LogP contribution in [-0.4, -0.2) is 49.6 Å². The lowest BCUT2D eigenvalue weighted by molar-refractivity contribution is -0.150. The number of aliphatic carboxylic acids is 1. The second-order valence-electron chi connectivity index (χ2n) is 6.49. The van der Waals surface area contributed by atoms with E-state index in [0.29, 0.717) is 30.0 Å². The minimum atomic E-state index is -0.855. The zero-order valence-electron chi connectivity index (χ0n) is 13.5. The molecule has 1 saturated heterocycles. The van der Waals surface area contributed by atoms with E-state index in [9.17, 15) is 14.7 Å². The van der Waals surface area contributed by atoms with Crippen molar-refractivity contribution in [3.05, 3.63) is 29.7 Å². The number of nitrogens with zero attached hydrogens (tertiary/aromatic N) is 4. The topological polar surface area (TPSA) is 87.8 Å². The summed E-state index contributed by atoms with van der Waals surface area (Å²) >= 11 is 0. The summed E-state index contributed by atoms with van der Waals surface area (Å²) in [5.74, 6) is -0.296. The number of likely N-dealkylation sites (tertiary alicyclic amines) is 1. The number of carbonyl (C=O) groups is 2. The number of hydrogen-bond acceptors (Lipinski definition) is 4. The van der Waals surface area contributed by atoms with Gasteiger partial charge in [0.05, 0.1) is 11.0 Å². The van der Waals surface area contributed by atoms with Crippen molar-refractivity contribution in [1.82, 2.24) is 19.5 Å². The fourth-order valence-electron chi connectivity index (χ4n) is 3.21. The zero-order chi connectivity index (χ0) is 16.8. The van der Waals surface area contributed by atoms with Gasteiger partial charge in [0, 0.05) is 19.3 Å². The molecule has 0 saturated carbocycles. The Morgan fingerprint density at radius 3 is 2.65 bits per heavy atom.